The fourth-order valence-electron chi connectivity index (χ4n) is 1.27. The van der Waals surface area contributed by atoms with Gasteiger partial charge in [0.05, 0.1) is 10.6 Å². The van der Waals surface area contributed by atoms with E-state index in [1.807, 2.05) is 0 Å². The molecular weight excluding hydrogens is 342 g/mol. The minimum atomic E-state index is -3.75. The highest BCUT2D eigenvalue weighted by molar-refractivity contribution is 7.92. The van der Waals surface area contributed by atoms with Gasteiger partial charge in [-0.1, -0.05) is 19.1 Å². The van der Waals surface area contributed by atoms with Crippen LogP contribution in [0.25, 0.3) is 0 Å². The van der Waals surface area contributed by atoms with Crippen molar-refractivity contribution in [3.8, 4) is 0 Å². The fourth-order valence-corrected chi connectivity index (χ4v) is 4.78. The largest absolute Gasteiger partial charge is 0.389 e. The van der Waals surface area contributed by atoms with Gasteiger partial charge in [-0.3, -0.25) is 0 Å². The van der Waals surface area contributed by atoms with Crippen molar-refractivity contribution >= 4 is 48.6 Å². The van der Waals surface area contributed by atoms with E-state index in [1.165, 1.54) is 12.1 Å². The molecule has 11 heteroatoms. The number of nitrogens with one attached hydrogen (secondary N) is 2. The normalized spacial score (nSPS) is 12.4. The number of rotatable bonds is 8. The second kappa shape index (κ2) is 6.91. The Kier molecular flexibility index (Phi) is 6.04. The van der Waals surface area contributed by atoms with Crippen molar-refractivity contribution in [1.29, 1.82) is 0 Å². The highest BCUT2D eigenvalue weighted by atomic mass is 32.2. The lowest BCUT2D eigenvalue weighted by atomic mass is 10.5. The summed E-state index contributed by atoms with van der Waals surface area (Å²) in [4.78, 5) is 0.604. The van der Waals surface area contributed by atoms with Crippen LogP contribution in [0.1, 0.15) is 11.8 Å². The maximum absolute atomic E-state index is 11.9. The van der Waals surface area contributed by atoms with Gasteiger partial charge in [0.2, 0.25) is 20.0 Å². The Morgan fingerprint density at radius 2 is 1.95 bits per heavy atom. The first-order chi connectivity index (χ1) is 9.18. The summed E-state index contributed by atoms with van der Waals surface area (Å²) >= 11 is 5.68. The van der Waals surface area contributed by atoms with E-state index in [0.29, 0.717) is 4.88 Å². The molecule has 0 amide bonds. The minimum Gasteiger partial charge on any atom is -0.389 e. The lowest BCUT2D eigenvalue weighted by Crippen LogP contribution is -2.34. The smallest absolute Gasteiger partial charge is 0.250 e. The molecular formula is C9H15N3O4S4. The lowest BCUT2D eigenvalue weighted by molar-refractivity contribution is 0.577. The average Bonchev–Trinajstić information content (AvgIpc) is 2.77. The summed E-state index contributed by atoms with van der Waals surface area (Å²) in [6, 6.07) is 2.89. The Morgan fingerprint density at radius 3 is 2.45 bits per heavy atom. The van der Waals surface area contributed by atoms with Gasteiger partial charge in [0.1, 0.15) is 9.20 Å². The van der Waals surface area contributed by atoms with Crippen molar-refractivity contribution in [3.63, 3.8) is 0 Å². The molecule has 114 valence electrons. The molecule has 0 unspecified atom stereocenters. The molecule has 0 atom stereocenters. The van der Waals surface area contributed by atoms with E-state index in [0.717, 1.165) is 11.3 Å². The number of thiocarbonyl (C=S) groups is 1. The van der Waals surface area contributed by atoms with Gasteiger partial charge in [0.15, 0.2) is 0 Å². The van der Waals surface area contributed by atoms with E-state index in [2.05, 4.69) is 9.44 Å². The van der Waals surface area contributed by atoms with Crippen LogP contribution in [-0.4, -0.2) is 40.7 Å². The van der Waals surface area contributed by atoms with Gasteiger partial charge in [0.25, 0.3) is 0 Å². The monoisotopic (exact) mass is 357 g/mol. The van der Waals surface area contributed by atoms with E-state index in [1.54, 1.807) is 6.92 Å². The molecule has 1 rings (SSSR count). The van der Waals surface area contributed by atoms with Gasteiger partial charge in [-0.2, -0.15) is 0 Å². The summed E-state index contributed by atoms with van der Waals surface area (Å²) in [7, 11) is -7.21. The molecule has 1 aromatic rings. The standard InChI is InChI=1S/C9H15N3O4S4/c1-2-11-19(13,14)6-5-12-20(15,16)8-4-3-7(18-8)9(10)17/h3-4,11-12H,2,5-6H2,1H3,(H2,10,17). The zero-order valence-electron chi connectivity index (χ0n) is 10.6. The van der Waals surface area contributed by atoms with Crippen molar-refractivity contribution in [1.82, 2.24) is 9.44 Å². The second-order valence-electron chi connectivity index (χ2n) is 3.70. The number of hydrogen-bond donors (Lipinski definition) is 3. The molecule has 0 aliphatic carbocycles. The van der Waals surface area contributed by atoms with E-state index in [-0.39, 0.29) is 28.0 Å². The van der Waals surface area contributed by atoms with Gasteiger partial charge < -0.3 is 5.73 Å². The third-order valence-electron chi connectivity index (χ3n) is 2.12. The SMILES string of the molecule is CCNS(=O)(=O)CCNS(=O)(=O)c1ccc(C(N)=S)s1. The van der Waals surface area contributed by atoms with E-state index >= 15 is 0 Å². The Hall–Kier alpha value is -0.590. The summed E-state index contributed by atoms with van der Waals surface area (Å²) < 4.78 is 51.1. The summed E-state index contributed by atoms with van der Waals surface area (Å²) in [6.45, 7) is 1.69. The van der Waals surface area contributed by atoms with E-state index in [9.17, 15) is 16.8 Å². The zero-order valence-corrected chi connectivity index (χ0v) is 13.9. The molecule has 0 bridgehead atoms. The minimum absolute atomic E-state index is 0.0427. The zero-order chi connectivity index (χ0) is 15.4. The molecule has 7 nitrogen and oxygen atoms in total. The Morgan fingerprint density at radius 1 is 1.30 bits per heavy atom. The molecule has 0 aliphatic heterocycles. The van der Waals surface area contributed by atoms with Crippen molar-refractivity contribution < 1.29 is 16.8 Å². The van der Waals surface area contributed by atoms with Gasteiger partial charge >= 0.3 is 0 Å². The third-order valence-corrected chi connectivity index (χ3v) is 7.01. The third kappa shape index (κ3) is 5.07. The average molecular weight is 358 g/mol. The lowest BCUT2D eigenvalue weighted by Gasteiger charge is -2.06. The van der Waals surface area contributed by atoms with Crippen LogP contribution in [0.4, 0.5) is 0 Å². The second-order valence-corrected chi connectivity index (χ2v) is 9.14. The van der Waals surface area contributed by atoms with Crippen LogP contribution in [0.2, 0.25) is 0 Å². The van der Waals surface area contributed by atoms with Crippen molar-refractivity contribution in [2.24, 2.45) is 5.73 Å². The van der Waals surface area contributed by atoms with Crippen LogP contribution in [0.15, 0.2) is 16.3 Å². The van der Waals surface area contributed by atoms with Crippen molar-refractivity contribution in [2.45, 2.75) is 11.1 Å². The van der Waals surface area contributed by atoms with Gasteiger partial charge in [-0.15, -0.1) is 11.3 Å². The molecule has 20 heavy (non-hydrogen) atoms. The highest BCUT2D eigenvalue weighted by Crippen LogP contribution is 2.21. The molecule has 1 aromatic heterocycles. The summed E-state index contributed by atoms with van der Waals surface area (Å²) in [5, 5.41) is 0. The number of thiophene rings is 1. The summed E-state index contributed by atoms with van der Waals surface area (Å²) in [5.41, 5.74) is 5.40. The van der Waals surface area contributed by atoms with Gasteiger partial charge in [-0.05, 0) is 12.1 Å². The summed E-state index contributed by atoms with van der Waals surface area (Å²) in [6.07, 6.45) is 0. The molecule has 0 aliphatic rings. The Balaban J connectivity index is 2.68. The Labute approximate surface area is 127 Å². The summed E-state index contributed by atoms with van der Waals surface area (Å²) in [5.74, 6) is -0.326. The van der Waals surface area contributed by atoms with Crippen molar-refractivity contribution in [3.05, 3.63) is 17.0 Å². The van der Waals surface area contributed by atoms with Crippen molar-refractivity contribution in [2.75, 3.05) is 18.8 Å². The molecule has 0 saturated heterocycles. The maximum atomic E-state index is 11.9. The van der Waals surface area contributed by atoms with Crippen LogP contribution >= 0.6 is 23.6 Å². The van der Waals surface area contributed by atoms with Crippen LogP contribution < -0.4 is 15.2 Å². The Bertz CT molecular complexity index is 678. The predicted molar refractivity (Wildman–Crippen MR) is 82.9 cm³/mol. The van der Waals surface area contributed by atoms with Gasteiger partial charge in [0, 0.05) is 13.1 Å². The van der Waals surface area contributed by atoms with Crippen LogP contribution in [-0.2, 0) is 20.0 Å². The van der Waals surface area contributed by atoms with Crippen LogP contribution in [0.3, 0.4) is 0 Å². The maximum Gasteiger partial charge on any atom is 0.250 e. The topological polar surface area (TPSA) is 118 Å². The van der Waals surface area contributed by atoms with Gasteiger partial charge in [-0.25, -0.2) is 26.3 Å². The fraction of sp³-hybridized carbons (Fsp3) is 0.444. The number of nitrogens with two attached hydrogens (primary N) is 1. The molecule has 4 N–H and O–H groups in total. The molecule has 0 spiro atoms. The van der Waals surface area contributed by atoms with Crippen LogP contribution in [0.5, 0.6) is 0 Å². The van der Waals surface area contributed by atoms with Crippen LogP contribution in [0, 0.1) is 0 Å². The molecule has 0 radical (unpaired) electrons. The first-order valence-electron chi connectivity index (χ1n) is 5.54. The first kappa shape index (κ1) is 17.5. The van der Waals surface area contributed by atoms with E-state index in [4.69, 9.17) is 18.0 Å². The number of sulfonamides is 2. The highest BCUT2D eigenvalue weighted by Gasteiger charge is 2.18. The quantitative estimate of drug-likeness (QED) is 0.545. The molecule has 1 heterocycles. The first-order valence-corrected chi connectivity index (χ1v) is 9.90. The molecule has 0 fully saturated rings. The predicted octanol–water partition coefficient (Wildman–Crippen LogP) is -0.400. The molecule has 0 aromatic carbocycles. The number of hydrogen-bond acceptors (Lipinski definition) is 6. The van der Waals surface area contributed by atoms with E-state index < -0.39 is 20.0 Å². The molecule has 0 saturated carbocycles.